The molecule has 2 aromatic heterocycles. The van der Waals surface area contributed by atoms with Crippen molar-refractivity contribution in [1.29, 1.82) is 0 Å². The molecular formula is C11H13N5OS. The Labute approximate surface area is 108 Å². The van der Waals surface area contributed by atoms with Crippen LogP contribution in [0.4, 0.5) is 0 Å². The SMILES string of the molecule is O=C(NCc1ccsc1)c1cn(C2CNC2)nn1. The van der Waals surface area contributed by atoms with Gasteiger partial charge in [0.25, 0.3) is 5.91 Å². The van der Waals surface area contributed by atoms with Crippen LogP contribution in [0.15, 0.2) is 23.0 Å². The third kappa shape index (κ3) is 2.27. The Kier molecular flexibility index (Phi) is 3.07. The van der Waals surface area contributed by atoms with Gasteiger partial charge in [-0.1, -0.05) is 5.21 Å². The van der Waals surface area contributed by atoms with Gasteiger partial charge in [0.1, 0.15) is 0 Å². The molecule has 0 atom stereocenters. The lowest BCUT2D eigenvalue weighted by atomic mass is 10.2. The van der Waals surface area contributed by atoms with E-state index in [9.17, 15) is 4.79 Å². The van der Waals surface area contributed by atoms with Gasteiger partial charge in [0.15, 0.2) is 5.69 Å². The van der Waals surface area contributed by atoms with Gasteiger partial charge in [-0.2, -0.15) is 11.3 Å². The molecule has 1 aliphatic rings. The molecule has 3 heterocycles. The number of carbonyl (C=O) groups is 1. The highest BCUT2D eigenvalue weighted by molar-refractivity contribution is 7.07. The molecule has 2 aromatic rings. The van der Waals surface area contributed by atoms with Gasteiger partial charge >= 0.3 is 0 Å². The van der Waals surface area contributed by atoms with E-state index in [4.69, 9.17) is 0 Å². The second-order valence-electron chi connectivity index (χ2n) is 4.21. The number of rotatable bonds is 4. The molecular weight excluding hydrogens is 250 g/mol. The first-order chi connectivity index (χ1) is 8.83. The number of nitrogens with one attached hydrogen (secondary N) is 2. The van der Waals surface area contributed by atoms with E-state index in [-0.39, 0.29) is 5.91 Å². The van der Waals surface area contributed by atoms with E-state index in [1.807, 2.05) is 16.8 Å². The Hall–Kier alpha value is -1.73. The first-order valence-corrected chi connectivity index (χ1v) is 6.69. The number of hydrogen-bond acceptors (Lipinski definition) is 5. The molecule has 94 valence electrons. The van der Waals surface area contributed by atoms with Gasteiger partial charge in [0.2, 0.25) is 0 Å². The summed E-state index contributed by atoms with van der Waals surface area (Å²) in [5.41, 5.74) is 1.47. The van der Waals surface area contributed by atoms with Crippen LogP contribution < -0.4 is 10.6 Å². The van der Waals surface area contributed by atoms with E-state index in [1.54, 1.807) is 22.2 Å². The van der Waals surface area contributed by atoms with Crippen LogP contribution in [0.3, 0.4) is 0 Å². The zero-order chi connectivity index (χ0) is 12.4. The fraction of sp³-hybridized carbons (Fsp3) is 0.364. The third-order valence-electron chi connectivity index (χ3n) is 2.91. The van der Waals surface area contributed by atoms with E-state index in [0.29, 0.717) is 18.3 Å². The molecule has 0 bridgehead atoms. The summed E-state index contributed by atoms with van der Waals surface area (Å²) in [6.07, 6.45) is 1.70. The Morgan fingerprint density at radius 1 is 1.61 bits per heavy atom. The number of hydrogen-bond donors (Lipinski definition) is 2. The molecule has 1 aliphatic heterocycles. The van der Waals surface area contributed by atoms with Crippen LogP contribution in [-0.4, -0.2) is 34.0 Å². The number of amides is 1. The summed E-state index contributed by atoms with van der Waals surface area (Å²) in [4.78, 5) is 11.8. The predicted molar refractivity (Wildman–Crippen MR) is 67.4 cm³/mol. The summed E-state index contributed by atoms with van der Waals surface area (Å²) >= 11 is 1.62. The van der Waals surface area contributed by atoms with Crippen molar-refractivity contribution in [1.82, 2.24) is 25.6 Å². The van der Waals surface area contributed by atoms with Crippen LogP contribution >= 0.6 is 11.3 Å². The van der Waals surface area contributed by atoms with Crippen LogP contribution in [-0.2, 0) is 6.54 Å². The topological polar surface area (TPSA) is 71.8 Å². The lowest BCUT2D eigenvalue weighted by Gasteiger charge is -2.26. The second-order valence-corrected chi connectivity index (χ2v) is 4.99. The fourth-order valence-electron chi connectivity index (χ4n) is 1.69. The van der Waals surface area contributed by atoms with E-state index < -0.39 is 0 Å². The summed E-state index contributed by atoms with van der Waals surface area (Å²) in [7, 11) is 0. The van der Waals surface area contributed by atoms with E-state index in [2.05, 4.69) is 20.9 Å². The van der Waals surface area contributed by atoms with Crippen molar-refractivity contribution in [2.45, 2.75) is 12.6 Å². The highest BCUT2D eigenvalue weighted by atomic mass is 32.1. The van der Waals surface area contributed by atoms with Crippen molar-refractivity contribution < 1.29 is 4.79 Å². The minimum Gasteiger partial charge on any atom is -0.346 e. The molecule has 0 aromatic carbocycles. The van der Waals surface area contributed by atoms with Crippen molar-refractivity contribution in [3.05, 3.63) is 34.3 Å². The molecule has 1 fully saturated rings. The Morgan fingerprint density at radius 3 is 3.17 bits per heavy atom. The maximum atomic E-state index is 11.8. The summed E-state index contributed by atoms with van der Waals surface area (Å²) in [5.74, 6) is -0.181. The van der Waals surface area contributed by atoms with Crippen LogP contribution in [0.5, 0.6) is 0 Å². The summed E-state index contributed by atoms with van der Waals surface area (Å²) < 4.78 is 1.75. The third-order valence-corrected chi connectivity index (χ3v) is 3.64. The molecule has 1 saturated heterocycles. The quantitative estimate of drug-likeness (QED) is 0.838. The van der Waals surface area contributed by atoms with Crippen LogP contribution in [0.25, 0.3) is 0 Å². The smallest absolute Gasteiger partial charge is 0.273 e. The van der Waals surface area contributed by atoms with Gasteiger partial charge in [-0.25, -0.2) is 4.68 Å². The Balaban J connectivity index is 1.59. The van der Waals surface area contributed by atoms with Gasteiger partial charge in [0, 0.05) is 19.6 Å². The molecule has 0 saturated carbocycles. The Morgan fingerprint density at radius 2 is 2.50 bits per heavy atom. The van der Waals surface area contributed by atoms with Gasteiger partial charge in [-0.3, -0.25) is 4.79 Å². The largest absolute Gasteiger partial charge is 0.346 e. The van der Waals surface area contributed by atoms with E-state index in [0.717, 1.165) is 18.7 Å². The minimum absolute atomic E-state index is 0.181. The van der Waals surface area contributed by atoms with Crippen molar-refractivity contribution in [3.63, 3.8) is 0 Å². The first-order valence-electron chi connectivity index (χ1n) is 5.75. The molecule has 0 radical (unpaired) electrons. The fourth-order valence-corrected chi connectivity index (χ4v) is 2.35. The van der Waals surface area contributed by atoms with Crippen molar-refractivity contribution >= 4 is 17.2 Å². The zero-order valence-corrected chi connectivity index (χ0v) is 10.5. The van der Waals surface area contributed by atoms with E-state index in [1.165, 1.54) is 0 Å². The lowest BCUT2D eigenvalue weighted by Crippen LogP contribution is -2.43. The molecule has 2 N–H and O–H groups in total. The Bertz CT molecular complexity index is 531. The molecule has 0 aliphatic carbocycles. The van der Waals surface area contributed by atoms with Crippen molar-refractivity contribution in [2.24, 2.45) is 0 Å². The normalized spacial score (nSPS) is 15.3. The van der Waals surface area contributed by atoms with E-state index >= 15 is 0 Å². The average Bonchev–Trinajstić information content (AvgIpc) is 2.94. The molecule has 6 nitrogen and oxygen atoms in total. The van der Waals surface area contributed by atoms with Gasteiger partial charge in [-0.15, -0.1) is 5.10 Å². The predicted octanol–water partition coefficient (Wildman–Crippen LogP) is 0.414. The average molecular weight is 263 g/mol. The van der Waals surface area contributed by atoms with Gasteiger partial charge < -0.3 is 10.6 Å². The van der Waals surface area contributed by atoms with Crippen LogP contribution in [0.1, 0.15) is 22.1 Å². The molecule has 0 spiro atoms. The number of nitrogens with zero attached hydrogens (tertiary/aromatic N) is 3. The van der Waals surface area contributed by atoms with Crippen LogP contribution in [0, 0.1) is 0 Å². The standard InChI is InChI=1S/C11H13N5OS/c17-11(13-3-8-1-2-18-7-8)10-6-16(15-14-10)9-4-12-5-9/h1-2,6-7,9,12H,3-5H2,(H,13,17). The van der Waals surface area contributed by atoms with Gasteiger partial charge in [-0.05, 0) is 22.4 Å². The summed E-state index contributed by atoms with van der Waals surface area (Å²) in [6.45, 7) is 2.30. The maximum Gasteiger partial charge on any atom is 0.273 e. The molecule has 1 amide bonds. The van der Waals surface area contributed by atoms with Crippen LogP contribution in [0.2, 0.25) is 0 Å². The highest BCUT2D eigenvalue weighted by Crippen LogP contribution is 2.10. The molecule has 0 unspecified atom stereocenters. The summed E-state index contributed by atoms with van der Waals surface area (Å²) in [6, 6.07) is 2.32. The minimum atomic E-state index is -0.181. The van der Waals surface area contributed by atoms with Gasteiger partial charge in [0.05, 0.1) is 12.2 Å². The van der Waals surface area contributed by atoms with Crippen molar-refractivity contribution in [2.75, 3.05) is 13.1 Å². The molecule has 7 heteroatoms. The van der Waals surface area contributed by atoms with Crippen molar-refractivity contribution in [3.8, 4) is 0 Å². The maximum absolute atomic E-state index is 11.8. The molecule has 18 heavy (non-hydrogen) atoms. The molecule has 3 rings (SSSR count). The monoisotopic (exact) mass is 263 g/mol. The lowest BCUT2D eigenvalue weighted by molar-refractivity contribution is 0.0946. The number of thiophene rings is 1. The highest BCUT2D eigenvalue weighted by Gasteiger charge is 2.21. The zero-order valence-electron chi connectivity index (χ0n) is 9.67. The number of aromatic nitrogens is 3. The second kappa shape index (κ2) is 4.87. The number of carbonyl (C=O) groups excluding carboxylic acids is 1. The summed E-state index contributed by atoms with van der Waals surface area (Å²) in [5, 5.41) is 17.8. The first kappa shape index (κ1) is 11.4.